The van der Waals surface area contributed by atoms with Crippen molar-refractivity contribution in [1.82, 2.24) is 20.4 Å². The lowest BCUT2D eigenvalue weighted by molar-refractivity contribution is -0.130. The van der Waals surface area contributed by atoms with E-state index in [0.29, 0.717) is 5.41 Å². The third-order valence-corrected chi connectivity index (χ3v) is 5.65. The van der Waals surface area contributed by atoms with Crippen molar-refractivity contribution in [1.29, 1.82) is 0 Å². The second-order valence-corrected chi connectivity index (χ2v) is 8.15. The van der Waals surface area contributed by atoms with Crippen molar-refractivity contribution in [2.45, 2.75) is 46.5 Å². The van der Waals surface area contributed by atoms with Gasteiger partial charge in [-0.15, -0.1) is 0 Å². The zero-order valence-corrected chi connectivity index (χ0v) is 16.6. The van der Waals surface area contributed by atoms with Crippen LogP contribution in [0.15, 0.2) is 4.99 Å². The fraction of sp³-hybridized carbons (Fsp3) is 0.895. The number of aliphatic imine (C=N–C) groups is 1. The Kier molecular flexibility index (Phi) is 7.54. The summed E-state index contributed by atoms with van der Waals surface area (Å²) in [6.07, 6.45) is 5.36. The number of amides is 1. The van der Waals surface area contributed by atoms with Gasteiger partial charge in [-0.05, 0) is 30.6 Å². The molecular weight excluding hydrogens is 314 g/mol. The van der Waals surface area contributed by atoms with Gasteiger partial charge in [0, 0.05) is 59.8 Å². The van der Waals surface area contributed by atoms with Gasteiger partial charge in [0.1, 0.15) is 0 Å². The van der Waals surface area contributed by atoms with Crippen LogP contribution in [0.2, 0.25) is 0 Å². The Morgan fingerprint density at radius 2 is 1.84 bits per heavy atom. The van der Waals surface area contributed by atoms with Crippen LogP contribution < -0.4 is 10.6 Å². The normalized spacial score (nSPS) is 21.2. The van der Waals surface area contributed by atoms with E-state index in [-0.39, 0.29) is 5.91 Å². The van der Waals surface area contributed by atoms with Crippen LogP contribution in [-0.4, -0.2) is 74.5 Å². The van der Waals surface area contributed by atoms with Gasteiger partial charge < -0.3 is 15.5 Å². The molecule has 6 nitrogen and oxygen atoms in total. The number of carbonyl (C=O) groups is 1. The Morgan fingerprint density at radius 3 is 2.32 bits per heavy atom. The smallest absolute Gasteiger partial charge is 0.219 e. The number of rotatable bonds is 7. The van der Waals surface area contributed by atoms with Gasteiger partial charge in [0.15, 0.2) is 5.96 Å². The number of piperazine rings is 1. The fourth-order valence-corrected chi connectivity index (χ4v) is 4.11. The summed E-state index contributed by atoms with van der Waals surface area (Å²) in [6, 6.07) is 0. The molecule has 6 heteroatoms. The lowest BCUT2D eigenvalue weighted by Crippen LogP contribution is -2.51. The van der Waals surface area contributed by atoms with E-state index < -0.39 is 0 Å². The molecule has 0 unspecified atom stereocenters. The largest absolute Gasteiger partial charge is 0.356 e. The van der Waals surface area contributed by atoms with Crippen molar-refractivity contribution in [3.63, 3.8) is 0 Å². The first-order valence-corrected chi connectivity index (χ1v) is 9.86. The van der Waals surface area contributed by atoms with Crippen LogP contribution in [0.4, 0.5) is 0 Å². The lowest BCUT2D eigenvalue weighted by Gasteiger charge is -2.43. The van der Waals surface area contributed by atoms with E-state index in [4.69, 9.17) is 0 Å². The van der Waals surface area contributed by atoms with Crippen molar-refractivity contribution in [2.75, 3.05) is 52.9 Å². The molecule has 0 spiro atoms. The highest BCUT2D eigenvalue weighted by Gasteiger charge is 2.37. The minimum absolute atomic E-state index is 0.189. The van der Waals surface area contributed by atoms with E-state index in [1.165, 1.54) is 25.7 Å². The summed E-state index contributed by atoms with van der Waals surface area (Å²) in [6.45, 7) is 12.8. The first-order valence-electron chi connectivity index (χ1n) is 9.86. The Bertz CT molecular complexity index is 451. The molecule has 2 fully saturated rings. The van der Waals surface area contributed by atoms with Crippen molar-refractivity contribution >= 4 is 11.9 Å². The van der Waals surface area contributed by atoms with Gasteiger partial charge in [0.25, 0.3) is 0 Å². The van der Waals surface area contributed by atoms with Crippen LogP contribution in [0, 0.1) is 11.3 Å². The Morgan fingerprint density at radius 1 is 1.16 bits per heavy atom. The predicted octanol–water partition coefficient (Wildman–Crippen LogP) is 1.53. The van der Waals surface area contributed by atoms with Crippen LogP contribution >= 0.6 is 0 Å². The minimum atomic E-state index is 0.189. The average molecular weight is 352 g/mol. The van der Waals surface area contributed by atoms with Gasteiger partial charge in [0.05, 0.1) is 0 Å². The summed E-state index contributed by atoms with van der Waals surface area (Å²) in [5.41, 5.74) is 0.481. The maximum Gasteiger partial charge on any atom is 0.219 e. The van der Waals surface area contributed by atoms with Gasteiger partial charge in [0.2, 0.25) is 5.91 Å². The molecule has 1 amide bonds. The van der Waals surface area contributed by atoms with Crippen molar-refractivity contribution in [3.05, 3.63) is 0 Å². The zero-order chi connectivity index (χ0) is 18.3. The first-order chi connectivity index (χ1) is 11.9. The molecule has 25 heavy (non-hydrogen) atoms. The highest BCUT2D eigenvalue weighted by molar-refractivity contribution is 5.79. The highest BCUT2D eigenvalue weighted by atomic mass is 16.2. The maximum atomic E-state index is 11.4. The number of nitrogens with one attached hydrogen (secondary N) is 2. The molecule has 2 aliphatic rings. The summed E-state index contributed by atoms with van der Waals surface area (Å²) < 4.78 is 0. The van der Waals surface area contributed by atoms with Gasteiger partial charge in [-0.25, -0.2) is 0 Å². The predicted molar refractivity (Wildman–Crippen MR) is 104 cm³/mol. The van der Waals surface area contributed by atoms with E-state index in [2.05, 4.69) is 34.4 Å². The minimum Gasteiger partial charge on any atom is -0.356 e. The molecule has 0 aromatic rings. The third-order valence-electron chi connectivity index (χ3n) is 5.65. The molecule has 1 aliphatic carbocycles. The van der Waals surface area contributed by atoms with Crippen LogP contribution in [0.3, 0.4) is 0 Å². The second-order valence-electron chi connectivity index (χ2n) is 8.15. The second kappa shape index (κ2) is 9.41. The SMILES string of the molecule is CN=C(NCCN1CCN(C(C)=O)CC1)NCC1(CC(C)C)CCC1. The molecule has 0 atom stereocenters. The third kappa shape index (κ3) is 6.17. The quantitative estimate of drug-likeness (QED) is 0.539. The summed E-state index contributed by atoms with van der Waals surface area (Å²) in [5, 5.41) is 6.99. The summed E-state index contributed by atoms with van der Waals surface area (Å²) in [7, 11) is 1.84. The number of nitrogens with zero attached hydrogens (tertiary/aromatic N) is 3. The number of carbonyl (C=O) groups excluding carboxylic acids is 1. The highest BCUT2D eigenvalue weighted by Crippen LogP contribution is 2.45. The van der Waals surface area contributed by atoms with Crippen LogP contribution in [0.25, 0.3) is 0 Å². The van der Waals surface area contributed by atoms with E-state index in [1.54, 1.807) is 6.92 Å². The van der Waals surface area contributed by atoms with Crippen LogP contribution in [0.5, 0.6) is 0 Å². The molecule has 1 saturated heterocycles. The standard InChI is InChI=1S/C19H37N5O/c1-16(2)14-19(6-5-7-19)15-22-18(20-4)21-8-9-23-10-12-24(13-11-23)17(3)25/h16H,5-15H2,1-4H3,(H2,20,21,22). The Balaban J connectivity index is 1.65. The van der Waals surface area contributed by atoms with Gasteiger partial charge >= 0.3 is 0 Å². The summed E-state index contributed by atoms with van der Waals surface area (Å²) in [5.74, 6) is 1.86. The van der Waals surface area contributed by atoms with Gasteiger partial charge in [-0.1, -0.05) is 20.3 Å². The zero-order valence-electron chi connectivity index (χ0n) is 16.6. The maximum absolute atomic E-state index is 11.4. The van der Waals surface area contributed by atoms with E-state index in [9.17, 15) is 4.79 Å². The molecule has 1 saturated carbocycles. The van der Waals surface area contributed by atoms with Crippen molar-refractivity contribution < 1.29 is 4.79 Å². The molecular formula is C19H37N5O. The van der Waals surface area contributed by atoms with Crippen molar-refractivity contribution in [2.24, 2.45) is 16.3 Å². The molecule has 144 valence electrons. The monoisotopic (exact) mass is 351 g/mol. The first kappa shape index (κ1) is 20.0. The van der Waals surface area contributed by atoms with Crippen LogP contribution in [0.1, 0.15) is 46.5 Å². The van der Waals surface area contributed by atoms with Gasteiger partial charge in [-0.3, -0.25) is 14.7 Å². The molecule has 0 bridgehead atoms. The van der Waals surface area contributed by atoms with Crippen molar-refractivity contribution in [3.8, 4) is 0 Å². The summed E-state index contributed by atoms with van der Waals surface area (Å²) >= 11 is 0. The van der Waals surface area contributed by atoms with E-state index in [1.807, 2.05) is 11.9 Å². The van der Waals surface area contributed by atoms with E-state index in [0.717, 1.165) is 57.7 Å². The number of hydrogen-bond acceptors (Lipinski definition) is 3. The molecule has 1 aliphatic heterocycles. The number of hydrogen-bond donors (Lipinski definition) is 2. The van der Waals surface area contributed by atoms with Gasteiger partial charge in [-0.2, -0.15) is 0 Å². The Labute approximate surface area is 153 Å². The molecule has 0 radical (unpaired) electrons. The molecule has 0 aromatic heterocycles. The topological polar surface area (TPSA) is 60.0 Å². The molecule has 0 aromatic carbocycles. The molecule has 2 rings (SSSR count). The molecule has 1 heterocycles. The fourth-order valence-electron chi connectivity index (χ4n) is 4.11. The van der Waals surface area contributed by atoms with Crippen LogP contribution in [-0.2, 0) is 4.79 Å². The van der Waals surface area contributed by atoms with E-state index >= 15 is 0 Å². The Hall–Kier alpha value is -1.30. The number of guanidine groups is 1. The summed E-state index contributed by atoms with van der Waals surface area (Å²) in [4.78, 5) is 20.1. The molecule has 2 N–H and O–H groups in total. The lowest BCUT2D eigenvalue weighted by atomic mass is 9.64. The average Bonchev–Trinajstić information content (AvgIpc) is 2.55.